The Labute approximate surface area is 83.5 Å². The summed E-state index contributed by atoms with van der Waals surface area (Å²) in [4.78, 5) is 0. The zero-order valence-electron chi connectivity index (χ0n) is 8.10. The van der Waals surface area contributed by atoms with Crippen molar-refractivity contribution in [2.24, 2.45) is 11.7 Å². The Morgan fingerprint density at radius 2 is 2.50 bits per heavy atom. The van der Waals surface area contributed by atoms with Crippen molar-refractivity contribution in [2.45, 2.75) is 18.9 Å². The number of hydrogen-bond acceptors (Lipinski definition) is 4. The van der Waals surface area contributed by atoms with Gasteiger partial charge < -0.3 is 10.5 Å². The van der Waals surface area contributed by atoms with E-state index in [1.165, 1.54) is 0 Å². The maximum atomic E-state index is 6.05. The minimum Gasteiger partial charge on any atom is -0.381 e. The Hall–Kier alpha value is -1.00. The number of rotatable bonds is 3. The third kappa shape index (κ3) is 2.27. The van der Waals surface area contributed by atoms with Crippen molar-refractivity contribution in [1.29, 1.82) is 0 Å². The molecular formula is C10H15N3O. The van der Waals surface area contributed by atoms with Gasteiger partial charge in [0.15, 0.2) is 0 Å². The van der Waals surface area contributed by atoms with Crippen LogP contribution >= 0.6 is 0 Å². The summed E-state index contributed by atoms with van der Waals surface area (Å²) in [6.07, 6.45) is 5.53. The van der Waals surface area contributed by atoms with Crippen molar-refractivity contribution in [1.82, 2.24) is 10.2 Å². The van der Waals surface area contributed by atoms with Crippen molar-refractivity contribution in [3.05, 3.63) is 24.0 Å². The van der Waals surface area contributed by atoms with E-state index in [0.29, 0.717) is 5.92 Å². The monoisotopic (exact) mass is 193 g/mol. The molecule has 14 heavy (non-hydrogen) atoms. The average Bonchev–Trinajstić information content (AvgIpc) is 2.72. The molecule has 2 N–H and O–H groups in total. The molecule has 1 saturated heterocycles. The fourth-order valence-corrected chi connectivity index (χ4v) is 1.78. The van der Waals surface area contributed by atoms with Gasteiger partial charge in [-0.2, -0.15) is 10.2 Å². The van der Waals surface area contributed by atoms with Crippen LogP contribution < -0.4 is 5.73 Å². The van der Waals surface area contributed by atoms with Crippen LogP contribution in [-0.2, 0) is 4.74 Å². The van der Waals surface area contributed by atoms with Crippen molar-refractivity contribution in [3.8, 4) is 0 Å². The minimum absolute atomic E-state index is 0.0669. The maximum absolute atomic E-state index is 6.05. The quantitative estimate of drug-likeness (QED) is 0.774. The molecule has 1 aromatic heterocycles. The van der Waals surface area contributed by atoms with Crippen LogP contribution in [0.1, 0.15) is 24.4 Å². The second-order valence-corrected chi connectivity index (χ2v) is 3.75. The highest BCUT2D eigenvalue weighted by atomic mass is 16.5. The summed E-state index contributed by atoms with van der Waals surface area (Å²) in [5.41, 5.74) is 7.11. The van der Waals surface area contributed by atoms with Crippen molar-refractivity contribution < 1.29 is 4.74 Å². The van der Waals surface area contributed by atoms with Crippen LogP contribution in [0.15, 0.2) is 18.5 Å². The van der Waals surface area contributed by atoms with Crippen LogP contribution in [0.2, 0.25) is 0 Å². The molecule has 0 aromatic carbocycles. The van der Waals surface area contributed by atoms with E-state index in [0.717, 1.165) is 31.6 Å². The average molecular weight is 193 g/mol. The molecule has 0 saturated carbocycles. The Morgan fingerprint density at radius 1 is 1.57 bits per heavy atom. The van der Waals surface area contributed by atoms with Gasteiger partial charge in [0.1, 0.15) is 0 Å². The van der Waals surface area contributed by atoms with Crippen LogP contribution in [0.4, 0.5) is 0 Å². The number of ether oxygens (including phenoxy) is 1. The van der Waals surface area contributed by atoms with Gasteiger partial charge in [-0.15, -0.1) is 0 Å². The second-order valence-electron chi connectivity index (χ2n) is 3.75. The highest BCUT2D eigenvalue weighted by molar-refractivity contribution is 5.10. The van der Waals surface area contributed by atoms with Crippen LogP contribution in [0.3, 0.4) is 0 Å². The third-order valence-electron chi connectivity index (χ3n) is 2.65. The van der Waals surface area contributed by atoms with E-state index < -0.39 is 0 Å². The summed E-state index contributed by atoms with van der Waals surface area (Å²) >= 11 is 0. The first-order valence-corrected chi connectivity index (χ1v) is 4.96. The van der Waals surface area contributed by atoms with Crippen molar-refractivity contribution in [2.75, 3.05) is 13.2 Å². The third-order valence-corrected chi connectivity index (χ3v) is 2.65. The highest BCUT2D eigenvalue weighted by Crippen LogP contribution is 2.23. The maximum Gasteiger partial charge on any atom is 0.0543 e. The summed E-state index contributed by atoms with van der Waals surface area (Å²) in [5.74, 6) is 0.609. The first kappa shape index (κ1) is 9.55. The van der Waals surface area contributed by atoms with Gasteiger partial charge in [0.2, 0.25) is 0 Å². The van der Waals surface area contributed by atoms with E-state index >= 15 is 0 Å². The molecule has 0 amide bonds. The molecule has 76 valence electrons. The molecule has 2 heterocycles. The van der Waals surface area contributed by atoms with E-state index in [-0.39, 0.29) is 6.04 Å². The van der Waals surface area contributed by atoms with Crippen LogP contribution in [0, 0.1) is 5.92 Å². The first-order chi connectivity index (χ1) is 6.86. The molecule has 1 aliphatic heterocycles. The van der Waals surface area contributed by atoms with E-state index in [2.05, 4.69) is 10.2 Å². The van der Waals surface area contributed by atoms with E-state index in [1.54, 1.807) is 12.4 Å². The van der Waals surface area contributed by atoms with Gasteiger partial charge in [-0.05, 0) is 30.4 Å². The lowest BCUT2D eigenvalue weighted by Crippen LogP contribution is -2.15. The minimum atomic E-state index is 0.0669. The van der Waals surface area contributed by atoms with Crippen molar-refractivity contribution >= 4 is 0 Å². The van der Waals surface area contributed by atoms with E-state index in [9.17, 15) is 0 Å². The molecule has 1 aromatic rings. The predicted octanol–water partition coefficient (Wildman–Crippen LogP) is 0.903. The Kier molecular flexibility index (Phi) is 3.06. The molecule has 1 aliphatic rings. The number of aromatic nitrogens is 2. The smallest absolute Gasteiger partial charge is 0.0543 e. The molecular weight excluding hydrogens is 178 g/mol. The zero-order chi connectivity index (χ0) is 9.80. The highest BCUT2D eigenvalue weighted by Gasteiger charge is 2.19. The van der Waals surface area contributed by atoms with E-state index in [1.807, 2.05) is 6.07 Å². The Balaban J connectivity index is 1.92. The summed E-state index contributed by atoms with van der Waals surface area (Å²) in [5, 5.41) is 7.55. The number of nitrogens with zero attached hydrogens (tertiary/aromatic N) is 2. The molecule has 0 aliphatic carbocycles. The largest absolute Gasteiger partial charge is 0.381 e. The summed E-state index contributed by atoms with van der Waals surface area (Å²) < 4.78 is 5.31. The van der Waals surface area contributed by atoms with Gasteiger partial charge in [-0.3, -0.25) is 0 Å². The molecule has 2 rings (SSSR count). The summed E-state index contributed by atoms with van der Waals surface area (Å²) in [6, 6.07) is 1.99. The Morgan fingerprint density at radius 3 is 3.14 bits per heavy atom. The second kappa shape index (κ2) is 4.48. The zero-order valence-corrected chi connectivity index (χ0v) is 8.10. The van der Waals surface area contributed by atoms with Crippen LogP contribution in [-0.4, -0.2) is 23.4 Å². The summed E-state index contributed by atoms with van der Waals surface area (Å²) in [7, 11) is 0. The van der Waals surface area contributed by atoms with Gasteiger partial charge in [-0.1, -0.05) is 0 Å². The lowest BCUT2D eigenvalue weighted by molar-refractivity contribution is 0.182. The molecule has 4 heteroatoms. The van der Waals surface area contributed by atoms with Gasteiger partial charge in [0.05, 0.1) is 6.20 Å². The number of hydrogen-bond donors (Lipinski definition) is 1. The Bertz CT molecular complexity index is 272. The first-order valence-electron chi connectivity index (χ1n) is 4.96. The van der Waals surface area contributed by atoms with Gasteiger partial charge in [0, 0.05) is 25.5 Å². The topological polar surface area (TPSA) is 61.0 Å². The predicted molar refractivity (Wildman–Crippen MR) is 52.5 cm³/mol. The van der Waals surface area contributed by atoms with Gasteiger partial charge in [0.25, 0.3) is 0 Å². The van der Waals surface area contributed by atoms with Gasteiger partial charge >= 0.3 is 0 Å². The molecule has 1 fully saturated rings. The van der Waals surface area contributed by atoms with E-state index in [4.69, 9.17) is 10.5 Å². The van der Waals surface area contributed by atoms with Crippen molar-refractivity contribution in [3.63, 3.8) is 0 Å². The van der Waals surface area contributed by atoms with Crippen LogP contribution in [0.5, 0.6) is 0 Å². The van der Waals surface area contributed by atoms with Crippen LogP contribution in [0.25, 0.3) is 0 Å². The fourth-order valence-electron chi connectivity index (χ4n) is 1.78. The number of nitrogens with two attached hydrogens (primary N) is 1. The molecule has 0 bridgehead atoms. The SMILES string of the molecule is NC(CC1CCOC1)c1ccnnc1. The van der Waals surface area contributed by atoms with Gasteiger partial charge in [-0.25, -0.2) is 0 Å². The molecule has 0 spiro atoms. The fraction of sp³-hybridized carbons (Fsp3) is 0.600. The molecule has 2 unspecified atom stereocenters. The lowest BCUT2D eigenvalue weighted by Gasteiger charge is -2.14. The molecule has 0 radical (unpaired) electrons. The lowest BCUT2D eigenvalue weighted by atomic mass is 9.96. The molecule has 4 nitrogen and oxygen atoms in total. The summed E-state index contributed by atoms with van der Waals surface area (Å²) in [6.45, 7) is 1.73. The standard InChI is InChI=1S/C10H15N3O/c11-10(5-8-2-4-14-7-8)9-1-3-12-13-6-9/h1,3,6,8,10H,2,4-5,7,11H2. The molecule has 2 atom stereocenters. The normalized spacial score (nSPS) is 23.6.